The molecule has 0 spiro atoms. The molecule has 132 valence electrons. The number of hydrogen-bond acceptors (Lipinski definition) is 3. The Morgan fingerprint density at radius 3 is 2.61 bits per heavy atom. The zero-order valence-electron chi connectivity index (χ0n) is 14.0. The van der Waals surface area contributed by atoms with Crippen molar-refractivity contribution in [1.82, 2.24) is 10.2 Å². The zero-order chi connectivity index (χ0) is 16.4. The lowest BCUT2D eigenvalue weighted by atomic mass is 10.2. The van der Waals surface area contributed by atoms with E-state index in [9.17, 15) is 4.39 Å². The number of guanidine groups is 1. The molecule has 23 heavy (non-hydrogen) atoms. The fraction of sp³-hybridized carbons (Fsp3) is 0.562. The van der Waals surface area contributed by atoms with E-state index in [1.807, 2.05) is 25.8 Å². The first-order valence-electron chi connectivity index (χ1n) is 7.55. The molecule has 0 bridgehead atoms. The van der Waals surface area contributed by atoms with Crippen molar-refractivity contribution in [2.45, 2.75) is 13.8 Å². The number of aliphatic hydroxyl groups is 1. The summed E-state index contributed by atoms with van der Waals surface area (Å²) in [5, 5.41) is 12.3. The minimum absolute atomic E-state index is 0. The van der Waals surface area contributed by atoms with Crippen LogP contribution in [0.1, 0.15) is 13.8 Å². The van der Waals surface area contributed by atoms with Crippen molar-refractivity contribution < 1.29 is 14.2 Å². The summed E-state index contributed by atoms with van der Waals surface area (Å²) in [6.45, 7) is 6.55. The van der Waals surface area contributed by atoms with E-state index >= 15 is 0 Å². The van der Waals surface area contributed by atoms with Crippen LogP contribution in [0.25, 0.3) is 0 Å². The van der Waals surface area contributed by atoms with E-state index in [4.69, 9.17) is 9.84 Å². The third kappa shape index (κ3) is 8.95. The SMILES string of the molecule is CCNC(=NCC(C)CO)N(C)CCOc1ccc(F)cc1.I. The minimum atomic E-state index is -0.274. The molecule has 0 aromatic heterocycles. The topological polar surface area (TPSA) is 57.1 Å². The number of halogens is 2. The molecule has 0 aliphatic rings. The van der Waals surface area contributed by atoms with Gasteiger partial charge in [0.15, 0.2) is 5.96 Å². The lowest BCUT2D eigenvalue weighted by molar-refractivity contribution is 0.241. The largest absolute Gasteiger partial charge is 0.492 e. The van der Waals surface area contributed by atoms with E-state index in [0.29, 0.717) is 25.4 Å². The Kier molecular flexibility index (Phi) is 11.8. The van der Waals surface area contributed by atoms with Gasteiger partial charge >= 0.3 is 0 Å². The molecule has 0 saturated carbocycles. The normalized spacial score (nSPS) is 12.3. The van der Waals surface area contributed by atoms with Crippen LogP contribution in [0.4, 0.5) is 4.39 Å². The maximum Gasteiger partial charge on any atom is 0.193 e. The Bertz CT molecular complexity index is 457. The minimum Gasteiger partial charge on any atom is -0.492 e. The molecule has 0 fully saturated rings. The van der Waals surface area contributed by atoms with E-state index in [2.05, 4.69) is 10.3 Å². The number of benzene rings is 1. The standard InChI is InChI=1S/C16H26FN3O2.HI/c1-4-18-16(19-11-13(2)12-21)20(3)9-10-22-15-7-5-14(17)6-8-15;/h5-8,13,21H,4,9-12H2,1-3H3,(H,18,19);1H. The van der Waals surface area contributed by atoms with Gasteiger partial charge in [0.25, 0.3) is 0 Å². The zero-order valence-corrected chi connectivity index (χ0v) is 16.3. The summed E-state index contributed by atoms with van der Waals surface area (Å²) in [7, 11) is 1.93. The van der Waals surface area contributed by atoms with E-state index < -0.39 is 0 Å². The summed E-state index contributed by atoms with van der Waals surface area (Å²) in [5.41, 5.74) is 0. The van der Waals surface area contributed by atoms with Gasteiger partial charge in [-0.1, -0.05) is 6.92 Å². The van der Waals surface area contributed by atoms with Crippen LogP contribution < -0.4 is 10.1 Å². The Morgan fingerprint density at radius 1 is 1.39 bits per heavy atom. The molecule has 1 unspecified atom stereocenters. The van der Waals surface area contributed by atoms with Gasteiger partial charge in [0.05, 0.1) is 6.54 Å². The average Bonchev–Trinajstić information content (AvgIpc) is 2.52. The first kappa shape index (κ1) is 21.9. The summed E-state index contributed by atoms with van der Waals surface area (Å²) in [6, 6.07) is 5.97. The second-order valence-electron chi connectivity index (χ2n) is 5.21. The van der Waals surface area contributed by atoms with Crippen molar-refractivity contribution in [3.8, 4) is 5.75 Å². The molecule has 7 heteroatoms. The van der Waals surface area contributed by atoms with E-state index in [1.54, 1.807) is 12.1 Å². The maximum absolute atomic E-state index is 12.8. The molecule has 1 aromatic rings. The van der Waals surface area contributed by atoms with Crippen molar-refractivity contribution in [3.63, 3.8) is 0 Å². The number of likely N-dealkylation sites (N-methyl/N-ethyl adjacent to an activating group) is 1. The third-order valence-electron chi connectivity index (χ3n) is 3.07. The number of ether oxygens (including phenoxy) is 1. The molecule has 1 aromatic carbocycles. The summed E-state index contributed by atoms with van der Waals surface area (Å²) in [5.74, 6) is 1.29. The van der Waals surface area contributed by atoms with Crippen LogP contribution in [-0.2, 0) is 0 Å². The summed E-state index contributed by atoms with van der Waals surface area (Å²) in [6.07, 6.45) is 0. The summed E-state index contributed by atoms with van der Waals surface area (Å²) < 4.78 is 18.4. The third-order valence-corrected chi connectivity index (χ3v) is 3.07. The van der Waals surface area contributed by atoms with Gasteiger partial charge in [-0.15, -0.1) is 24.0 Å². The molecule has 1 rings (SSSR count). The van der Waals surface area contributed by atoms with Crippen LogP contribution in [0.15, 0.2) is 29.3 Å². The smallest absolute Gasteiger partial charge is 0.193 e. The molecule has 0 aliphatic heterocycles. The van der Waals surface area contributed by atoms with Crippen LogP contribution in [-0.4, -0.2) is 55.9 Å². The van der Waals surface area contributed by atoms with Gasteiger partial charge in [-0.2, -0.15) is 0 Å². The fourth-order valence-corrected chi connectivity index (χ4v) is 1.71. The van der Waals surface area contributed by atoms with Crippen molar-refractivity contribution in [2.75, 3.05) is 39.9 Å². The first-order valence-corrected chi connectivity index (χ1v) is 7.55. The average molecular weight is 439 g/mol. The van der Waals surface area contributed by atoms with Gasteiger partial charge in [0, 0.05) is 26.7 Å². The van der Waals surface area contributed by atoms with Gasteiger partial charge in [0.1, 0.15) is 18.2 Å². The van der Waals surface area contributed by atoms with Crippen molar-refractivity contribution in [1.29, 1.82) is 0 Å². The van der Waals surface area contributed by atoms with E-state index in [0.717, 1.165) is 12.5 Å². The molecular weight excluding hydrogens is 412 g/mol. The highest BCUT2D eigenvalue weighted by atomic mass is 127. The molecule has 5 nitrogen and oxygen atoms in total. The van der Waals surface area contributed by atoms with Crippen molar-refractivity contribution in [2.24, 2.45) is 10.9 Å². The predicted molar refractivity (Wildman–Crippen MR) is 102 cm³/mol. The number of hydrogen-bond donors (Lipinski definition) is 2. The summed E-state index contributed by atoms with van der Waals surface area (Å²) >= 11 is 0. The van der Waals surface area contributed by atoms with Crippen LogP contribution in [0, 0.1) is 11.7 Å². The molecule has 0 aliphatic carbocycles. The predicted octanol–water partition coefficient (Wildman–Crippen LogP) is 2.35. The van der Waals surface area contributed by atoms with Gasteiger partial charge in [-0.3, -0.25) is 4.99 Å². The van der Waals surface area contributed by atoms with E-state index in [-0.39, 0.29) is 42.3 Å². The van der Waals surface area contributed by atoms with Crippen molar-refractivity contribution in [3.05, 3.63) is 30.1 Å². The number of nitrogens with zero attached hydrogens (tertiary/aromatic N) is 2. The Labute approximate surface area is 155 Å². The lowest BCUT2D eigenvalue weighted by Gasteiger charge is -2.22. The highest BCUT2D eigenvalue weighted by Crippen LogP contribution is 2.10. The Hall–Kier alpha value is -1.09. The highest BCUT2D eigenvalue weighted by Gasteiger charge is 2.07. The van der Waals surface area contributed by atoms with Crippen molar-refractivity contribution >= 4 is 29.9 Å². The molecule has 0 radical (unpaired) electrons. The highest BCUT2D eigenvalue weighted by molar-refractivity contribution is 14.0. The Balaban J connectivity index is 0.00000484. The van der Waals surface area contributed by atoms with Gasteiger partial charge < -0.3 is 20.1 Å². The van der Waals surface area contributed by atoms with Crippen LogP contribution in [0.5, 0.6) is 5.75 Å². The second kappa shape index (κ2) is 12.3. The molecule has 0 saturated heterocycles. The fourth-order valence-electron chi connectivity index (χ4n) is 1.71. The number of aliphatic imine (C=N–C) groups is 1. The van der Waals surface area contributed by atoms with Crippen LogP contribution in [0.2, 0.25) is 0 Å². The molecule has 1 atom stereocenters. The van der Waals surface area contributed by atoms with Gasteiger partial charge in [-0.25, -0.2) is 4.39 Å². The van der Waals surface area contributed by atoms with Crippen LogP contribution >= 0.6 is 24.0 Å². The van der Waals surface area contributed by atoms with Gasteiger partial charge in [0.2, 0.25) is 0 Å². The molecule has 0 amide bonds. The Morgan fingerprint density at radius 2 is 2.04 bits per heavy atom. The molecule has 0 heterocycles. The van der Waals surface area contributed by atoms with E-state index in [1.165, 1.54) is 12.1 Å². The van der Waals surface area contributed by atoms with Crippen LogP contribution in [0.3, 0.4) is 0 Å². The molecular formula is C16H27FIN3O2. The number of rotatable bonds is 8. The number of aliphatic hydroxyl groups excluding tert-OH is 1. The summed E-state index contributed by atoms with van der Waals surface area (Å²) in [4.78, 5) is 6.46. The maximum atomic E-state index is 12.8. The second-order valence-corrected chi connectivity index (χ2v) is 5.21. The quantitative estimate of drug-likeness (QED) is 0.371. The number of nitrogens with one attached hydrogen (secondary N) is 1. The molecule has 2 N–H and O–H groups in total. The monoisotopic (exact) mass is 439 g/mol. The first-order chi connectivity index (χ1) is 10.6. The van der Waals surface area contributed by atoms with Gasteiger partial charge in [-0.05, 0) is 37.1 Å². The lowest BCUT2D eigenvalue weighted by Crippen LogP contribution is -2.41.